The quantitative estimate of drug-likeness (QED) is 0.392. The van der Waals surface area contributed by atoms with Gasteiger partial charge in [0.1, 0.15) is 11.1 Å². The molecule has 1 N–H and O–H groups in total. The molecule has 2 aromatic carbocycles. The molecule has 0 unspecified atom stereocenters. The number of hydrogen-bond donors (Lipinski definition) is 1. The number of nitrogens with zero attached hydrogens (tertiary/aromatic N) is 5. The number of anilines is 1. The number of benzene rings is 2. The molecule has 0 aliphatic heterocycles. The molecule has 9 nitrogen and oxygen atoms in total. The third-order valence-corrected chi connectivity index (χ3v) is 5.48. The maximum atomic E-state index is 12.9. The lowest BCUT2D eigenvalue weighted by atomic mass is 10.1. The van der Waals surface area contributed by atoms with Gasteiger partial charge in [-0.2, -0.15) is 9.61 Å². The van der Waals surface area contributed by atoms with E-state index in [1.807, 2.05) is 36.4 Å². The molecule has 0 saturated heterocycles. The zero-order valence-electron chi connectivity index (χ0n) is 18.1. The van der Waals surface area contributed by atoms with Crippen LogP contribution in [0, 0.1) is 0 Å². The lowest BCUT2D eigenvalue weighted by molar-refractivity contribution is 0.102. The predicted molar refractivity (Wildman–Crippen MR) is 130 cm³/mol. The zero-order valence-corrected chi connectivity index (χ0v) is 18.1. The van der Waals surface area contributed by atoms with Gasteiger partial charge in [0.05, 0.1) is 5.69 Å². The molecule has 0 saturated carbocycles. The van der Waals surface area contributed by atoms with Gasteiger partial charge in [0.25, 0.3) is 5.91 Å². The smallest absolute Gasteiger partial charge is 0.349 e. The molecule has 0 radical (unpaired) electrons. The van der Waals surface area contributed by atoms with Crippen LogP contribution in [0.2, 0.25) is 0 Å². The van der Waals surface area contributed by atoms with Gasteiger partial charge >= 0.3 is 5.63 Å². The van der Waals surface area contributed by atoms with Crippen LogP contribution in [0.3, 0.4) is 0 Å². The van der Waals surface area contributed by atoms with Crippen LogP contribution >= 0.6 is 0 Å². The van der Waals surface area contributed by atoms with Crippen LogP contribution in [-0.2, 0) is 0 Å². The largest absolute Gasteiger partial charge is 0.422 e. The molecular weight excluding hydrogens is 444 g/mol. The molecule has 6 aromatic rings. The van der Waals surface area contributed by atoms with Crippen molar-refractivity contribution < 1.29 is 9.21 Å². The highest BCUT2D eigenvalue weighted by atomic mass is 16.4. The molecule has 35 heavy (non-hydrogen) atoms. The number of carbonyl (C=O) groups is 1. The topological polar surface area (TPSA) is 115 Å². The maximum Gasteiger partial charge on any atom is 0.349 e. The summed E-state index contributed by atoms with van der Waals surface area (Å²) in [6.45, 7) is 0. The van der Waals surface area contributed by atoms with E-state index in [9.17, 15) is 9.59 Å². The molecule has 4 aromatic heterocycles. The van der Waals surface area contributed by atoms with Crippen molar-refractivity contribution in [1.29, 1.82) is 0 Å². The van der Waals surface area contributed by atoms with Crippen LogP contribution in [0.4, 0.5) is 5.69 Å². The Morgan fingerprint density at radius 1 is 0.886 bits per heavy atom. The first-order valence-corrected chi connectivity index (χ1v) is 10.7. The molecule has 9 heteroatoms. The summed E-state index contributed by atoms with van der Waals surface area (Å²) in [6.07, 6.45) is 3.39. The molecule has 0 atom stereocenters. The summed E-state index contributed by atoms with van der Waals surface area (Å²) in [5.41, 5.74) is 2.99. The Bertz CT molecular complexity index is 1780. The van der Waals surface area contributed by atoms with Crippen molar-refractivity contribution in [3.8, 4) is 22.6 Å². The highest BCUT2D eigenvalue weighted by molar-refractivity contribution is 6.05. The number of hydrogen-bond acceptors (Lipinski definition) is 7. The first-order valence-electron chi connectivity index (χ1n) is 10.7. The summed E-state index contributed by atoms with van der Waals surface area (Å²) in [6, 6.07) is 23.1. The molecule has 1 amide bonds. The van der Waals surface area contributed by atoms with Gasteiger partial charge in [-0.05, 0) is 48.5 Å². The number of para-hydroxylation sites is 1. The van der Waals surface area contributed by atoms with Crippen molar-refractivity contribution in [2.24, 2.45) is 0 Å². The van der Waals surface area contributed by atoms with E-state index in [0.717, 1.165) is 11.1 Å². The number of fused-ring (bicyclic) bond motifs is 2. The van der Waals surface area contributed by atoms with Gasteiger partial charge in [0, 0.05) is 34.6 Å². The second-order valence-corrected chi connectivity index (χ2v) is 7.77. The molecule has 0 bridgehead atoms. The first-order chi connectivity index (χ1) is 17.2. The fourth-order valence-corrected chi connectivity index (χ4v) is 3.79. The van der Waals surface area contributed by atoms with Crippen LogP contribution in [0.5, 0.6) is 0 Å². The minimum Gasteiger partial charge on any atom is -0.422 e. The van der Waals surface area contributed by atoms with Crippen molar-refractivity contribution in [2.45, 2.75) is 0 Å². The third kappa shape index (κ3) is 3.80. The lowest BCUT2D eigenvalue weighted by Crippen LogP contribution is -2.20. The summed E-state index contributed by atoms with van der Waals surface area (Å²) in [5, 5.41) is 16.6. The molecule has 4 heterocycles. The molecule has 0 aliphatic rings. The summed E-state index contributed by atoms with van der Waals surface area (Å²) in [7, 11) is 0. The van der Waals surface area contributed by atoms with E-state index in [4.69, 9.17) is 9.52 Å². The van der Waals surface area contributed by atoms with E-state index in [2.05, 4.69) is 20.5 Å². The van der Waals surface area contributed by atoms with Crippen LogP contribution < -0.4 is 10.9 Å². The van der Waals surface area contributed by atoms with Gasteiger partial charge in [-0.1, -0.05) is 30.3 Å². The van der Waals surface area contributed by atoms with Gasteiger partial charge in [-0.25, -0.2) is 4.79 Å². The first kappa shape index (κ1) is 20.4. The highest BCUT2D eigenvalue weighted by Crippen LogP contribution is 2.23. The Hall–Kier alpha value is -5.18. The normalized spacial score (nSPS) is 11.1. The van der Waals surface area contributed by atoms with Crippen molar-refractivity contribution in [3.05, 3.63) is 107 Å². The minimum atomic E-state index is -0.694. The van der Waals surface area contributed by atoms with E-state index < -0.39 is 11.5 Å². The fourth-order valence-electron chi connectivity index (χ4n) is 3.79. The van der Waals surface area contributed by atoms with Gasteiger partial charge in [0.15, 0.2) is 11.5 Å². The summed E-state index contributed by atoms with van der Waals surface area (Å²) in [5.74, 6) is 0.0187. The number of carbonyl (C=O) groups excluding carboxylic acids is 1. The predicted octanol–water partition coefficient (Wildman–Crippen LogP) is 4.21. The molecule has 6 rings (SSSR count). The maximum absolute atomic E-state index is 12.9. The number of rotatable bonds is 4. The number of pyridine rings is 1. The van der Waals surface area contributed by atoms with Gasteiger partial charge in [0.2, 0.25) is 0 Å². The molecule has 0 fully saturated rings. The van der Waals surface area contributed by atoms with Crippen LogP contribution in [0.15, 0.2) is 100 Å². The number of nitrogens with one attached hydrogen (secondary N) is 1. The average molecular weight is 460 g/mol. The molecule has 0 aliphatic carbocycles. The van der Waals surface area contributed by atoms with Crippen molar-refractivity contribution in [2.75, 3.05) is 5.32 Å². The molecule has 0 spiro atoms. The van der Waals surface area contributed by atoms with Crippen molar-refractivity contribution >= 4 is 28.2 Å². The van der Waals surface area contributed by atoms with E-state index in [-0.39, 0.29) is 5.56 Å². The van der Waals surface area contributed by atoms with Gasteiger partial charge in [-0.3, -0.25) is 9.78 Å². The zero-order chi connectivity index (χ0) is 23.8. The van der Waals surface area contributed by atoms with E-state index in [0.29, 0.717) is 33.8 Å². The summed E-state index contributed by atoms with van der Waals surface area (Å²) >= 11 is 0. The number of aromatic nitrogens is 5. The molecule has 168 valence electrons. The Morgan fingerprint density at radius 2 is 1.77 bits per heavy atom. The Balaban J connectivity index is 1.33. The van der Waals surface area contributed by atoms with E-state index in [1.54, 1.807) is 53.3 Å². The second-order valence-electron chi connectivity index (χ2n) is 7.77. The van der Waals surface area contributed by atoms with Crippen LogP contribution in [0.25, 0.3) is 39.3 Å². The Morgan fingerprint density at radius 3 is 2.66 bits per heavy atom. The summed E-state index contributed by atoms with van der Waals surface area (Å²) < 4.78 is 6.93. The SMILES string of the molecule is O=C(Nc1cccc(-c2ccc3nnc(-c4cccnc4)n3n2)c1)c1cc2ccccc2oc1=O. The third-order valence-electron chi connectivity index (χ3n) is 5.48. The van der Waals surface area contributed by atoms with Crippen LogP contribution in [-0.4, -0.2) is 30.7 Å². The standard InChI is InChI=1S/C26H16N6O3/c33-25(20-14-17-5-1-2-9-22(17)35-26(20)34)28-19-8-3-6-16(13-19)21-10-11-23-29-30-24(32(23)31-21)18-7-4-12-27-15-18/h1-15H,(H,28,33). The highest BCUT2D eigenvalue weighted by Gasteiger charge is 2.15. The monoisotopic (exact) mass is 460 g/mol. The lowest BCUT2D eigenvalue weighted by Gasteiger charge is -2.08. The summed E-state index contributed by atoms with van der Waals surface area (Å²) in [4.78, 5) is 29.3. The van der Waals surface area contributed by atoms with E-state index >= 15 is 0 Å². The Labute approximate surface area is 197 Å². The Kier molecular flexibility index (Phi) is 4.85. The van der Waals surface area contributed by atoms with Crippen molar-refractivity contribution in [3.63, 3.8) is 0 Å². The van der Waals surface area contributed by atoms with E-state index in [1.165, 1.54) is 6.07 Å². The van der Waals surface area contributed by atoms with Crippen molar-refractivity contribution in [1.82, 2.24) is 24.8 Å². The van der Waals surface area contributed by atoms with Crippen LogP contribution in [0.1, 0.15) is 10.4 Å². The second kappa shape index (κ2) is 8.31. The van der Waals surface area contributed by atoms with Gasteiger partial charge < -0.3 is 9.73 Å². The number of amides is 1. The minimum absolute atomic E-state index is 0.0701. The fraction of sp³-hybridized carbons (Fsp3) is 0. The molecular formula is C26H16N6O3. The van der Waals surface area contributed by atoms with Gasteiger partial charge in [-0.15, -0.1) is 10.2 Å². The average Bonchev–Trinajstić information content (AvgIpc) is 3.32.